The standard InChI is InChI=1S/C16H20F3NO2/c1-2-22-15(21)13-7-9-20(10-8-13)11-12-3-5-14(6-4-12)16(17,18)19/h3-6,13H,2,7-11H2,1H3. The third-order valence-electron chi connectivity index (χ3n) is 3.89. The first-order chi connectivity index (χ1) is 10.4. The molecule has 1 aromatic rings. The van der Waals surface area contributed by atoms with Crippen molar-refractivity contribution in [2.24, 2.45) is 5.92 Å². The molecule has 1 heterocycles. The van der Waals surface area contributed by atoms with Crippen LogP contribution in [-0.4, -0.2) is 30.6 Å². The number of hydrogen-bond donors (Lipinski definition) is 0. The van der Waals surface area contributed by atoms with Gasteiger partial charge in [0.05, 0.1) is 18.1 Å². The summed E-state index contributed by atoms with van der Waals surface area (Å²) in [5.74, 6) is -0.194. The predicted molar refractivity (Wildman–Crippen MR) is 76.1 cm³/mol. The Morgan fingerprint density at radius 2 is 1.82 bits per heavy atom. The number of esters is 1. The van der Waals surface area contributed by atoms with Crippen LogP contribution in [-0.2, 0) is 22.3 Å². The Balaban J connectivity index is 1.84. The largest absolute Gasteiger partial charge is 0.466 e. The molecule has 0 spiro atoms. The van der Waals surface area contributed by atoms with Crippen molar-refractivity contribution in [2.45, 2.75) is 32.5 Å². The van der Waals surface area contributed by atoms with Gasteiger partial charge in [0.1, 0.15) is 0 Å². The monoisotopic (exact) mass is 315 g/mol. The van der Waals surface area contributed by atoms with E-state index in [0.717, 1.165) is 43.6 Å². The summed E-state index contributed by atoms with van der Waals surface area (Å²) in [6, 6.07) is 5.25. The Morgan fingerprint density at radius 3 is 2.32 bits per heavy atom. The maximum absolute atomic E-state index is 12.5. The minimum absolute atomic E-state index is 0.0520. The summed E-state index contributed by atoms with van der Waals surface area (Å²) in [5, 5.41) is 0. The van der Waals surface area contributed by atoms with Gasteiger partial charge in [-0.3, -0.25) is 9.69 Å². The number of rotatable bonds is 4. The Bertz CT molecular complexity index is 491. The van der Waals surface area contributed by atoms with E-state index in [1.165, 1.54) is 12.1 Å². The molecule has 1 aliphatic rings. The van der Waals surface area contributed by atoms with Crippen LogP contribution >= 0.6 is 0 Å². The van der Waals surface area contributed by atoms with Gasteiger partial charge in [-0.05, 0) is 50.6 Å². The smallest absolute Gasteiger partial charge is 0.416 e. The van der Waals surface area contributed by atoms with Crippen LogP contribution in [0.15, 0.2) is 24.3 Å². The summed E-state index contributed by atoms with van der Waals surface area (Å²) in [5.41, 5.74) is 0.222. The Labute approximate surface area is 128 Å². The van der Waals surface area contributed by atoms with Gasteiger partial charge in [0, 0.05) is 6.54 Å². The molecule has 2 rings (SSSR count). The van der Waals surface area contributed by atoms with Crippen molar-refractivity contribution in [3.8, 4) is 0 Å². The molecule has 0 unspecified atom stereocenters. The zero-order chi connectivity index (χ0) is 16.2. The number of hydrogen-bond acceptors (Lipinski definition) is 3. The summed E-state index contributed by atoms with van der Waals surface area (Å²) in [6.07, 6.45) is -2.82. The van der Waals surface area contributed by atoms with Crippen molar-refractivity contribution in [1.29, 1.82) is 0 Å². The fraction of sp³-hybridized carbons (Fsp3) is 0.562. The van der Waals surface area contributed by atoms with E-state index in [9.17, 15) is 18.0 Å². The second kappa shape index (κ2) is 7.13. The van der Waals surface area contributed by atoms with Gasteiger partial charge in [0.15, 0.2) is 0 Å². The van der Waals surface area contributed by atoms with Crippen molar-refractivity contribution in [2.75, 3.05) is 19.7 Å². The number of halogens is 3. The van der Waals surface area contributed by atoms with E-state index in [1.54, 1.807) is 6.92 Å². The molecule has 0 aromatic heterocycles. The molecule has 3 nitrogen and oxygen atoms in total. The number of carbonyl (C=O) groups excluding carboxylic acids is 1. The van der Waals surface area contributed by atoms with Crippen LogP contribution < -0.4 is 0 Å². The molecular formula is C16H20F3NO2. The molecule has 122 valence electrons. The number of alkyl halides is 3. The van der Waals surface area contributed by atoms with Crippen LogP contribution in [0.1, 0.15) is 30.9 Å². The van der Waals surface area contributed by atoms with Crippen LogP contribution in [0.5, 0.6) is 0 Å². The van der Waals surface area contributed by atoms with Gasteiger partial charge >= 0.3 is 12.1 Å². The van der Waals surface area contributed by atoms with Crippen molar-refractivity contribution in [3.63, 3.8) is 0 Å². The summed E-state index contributed by atoms with van der Waals surface area (Å²) in [4.78, 5) is 13.8. The van der Waals surface area contributed by atoms with Crippen LogP contribution in [0.3, 0.4) is 0 Å². The molecule has 1 fully saturated rings. The van der Waals surface area contributed by atoms with E-state index in [4.69, 9.17) is 4.74 Å². The number of ether oxygens (including phenoxy) is 1. The summed E-state index contributed by atoms with van der Waals surface area (Å²) in [6.45, 7) is 4.30. The van der Waals surface area contributed by atoms with Gasteiger partial charge in [-0.15, -0.1) is 0 Å². The van der Waals surface area contributed by atoms with Crippen molar-refractivity contribution in [1.82, 2.24) is 4.90 Å². The molecule has 0 saturated carbocycles. The number of nitrogens with zero attached hydrogens (tertiary/aromatic N) is 1. The third-order valence-corrected chi connectivity index (χ3v) is 3.89. The Kier molecular flexibility index (Phi) is 5.45. The van der Waals surface area contributed by atoms with Gasteiger partial charge in [0.2, 0.25) is 0 Å². The fourth-order valence-corrected chi connectivity index (χ4v) is 2.64. The third kappa shape index (κ3) is 4.47. The molecular weight excluding hydrogens is 295 g/mol. The highest BCUT2D eigenvalue weighted by Crippen LogP contribution is 2.29. The van der Waals surface area contributed by atoms with E-state index in [2.05, 4.69) is 4.90 Å². The van der Waals surface area contributed by atoms with E-state index in [-0.39, 0.29) is 11.9 Å². The molecule has 0 amide bonds. The predicted octanol–water partition coefficient (Wildman–Crippen LogP) is 3.48. The van der Waals surface area contributed by atoms with E-state index in [1.807, 2.05) is 0 Å². The lowest BCUT2D eigenvalue weighted by molar-refractivity contribution is -0.149. The van der Waals surface area contributed by atoms with E-state index < -0.39 is 11.7 Å². The molecule has 1 saturated heterocycles. The van der Waals surface area contributed by atoms with Crippen molar-refractivity contribution < 1.29 is 22.7 Å². The Morgan fingerprint density at radius 1 is 1.23 bits per heavy atom. The van der Waals surface area contributed by atoms with Gasteiger partial charge in [-0.1, -0.05) is 12.1 Å². The quantitative estimate of drug-likeness (QED) is 0.797. The zero-order valence-electron chi connectivity index (χ0n) is 12.5. The van der Waals surface area contributed by atoms with Gasteiger partial charge in [-0.25, -0.2) is 0 Å². The highest BCUT2D eigenvalue weighted by Gasteiger charge is 2.30. The average Bonchev–Trinajstić information content (AvgIpc) is 2.48. The summed E-state index contributed by atoms with van der Waals surface area (Å²) in [7, 11) is 0. The number of piperidine rings is 1. The first kappa shape index (κ1) is 16.8. The zero-order valence-corrected chi connectivity index (χ0v) is 12.5. The van der Waals surface area contributed by atoms with Crippen LogP contribution in [0, 0.1) is 5.92 Å². The molecule has 0 atom stereocenters. The van der Waals surface area contributed by atoms with E-state index >= 15 is 0 Å². The average molecular weight is 315 g/mol. The lowest BCUT2D eigenvalue weighted by Gasteiger charge is -2.30. The molecule has 0 aliphatic carbocycles. The Hall–Kier alpha value is -1.56. The molecule has 1 aliphatic heterocycles. The highest BCUT2D eigenvalue weighted by molar-refractivity contribution is 5.72. The second-order valence-corrected chi connectivity index (χ2v) is 5.50. The van der Waals surface area contributed by atoms with Crippen LogP contribution in [0.2, 0.25) is 0 Å². The van der Waals surface area contributed by atoms with E-state index in [0.29, 0.717) is 13.2 Å². The maximum Gasteiger partial charge on any atom is 0.416 e. The molecule has 0 N–H and O–H groups in total. The summed E-state index contributed by atoms with van der Waals surface area (Å²) >= 11 is 0. The minimum atomic E-state index is -4.30. The first-order valence-electron chi connectivity index (χ1n) is 7.45. The van der Waals surface area contributed by atoms with Crippen molar-refractivity contribution >= 4 is 5.97 Å². The second-order valence-electron chi connectivity index (χ2n) is 5.50. The number of likely N-dealkylation sites (tertiary alicyclic amines) is 1. The topological polar surface area (TPSA) is 29.5 Å². The van der Waals surface area contributed by atoms with Gasteiger partial charge in [-0.2, -0.15) is 13.2 Å². The fourth-order valence-electron chi connectivity index (χ4n) is 2.64. The SMILES string of the molecule is CCOC(=O)C1CCN(Cc2ccc(C(F)(F)F)cc2)CC1. The molecule has 0 radical (unpaired) electrons. The highest BCUT2D eigenvalue weighted by atomic mass is 19.4. The lowest BCUT2D eigenvalue weighted by Crippen LogP contribution is -2.36. The normalized spacial score (nSPS) is 17.5. The molecule has 22 heavy (non-hydrogen) atoms. The summed E-state index contributed by atoms with van der Waals surface area (Å²) < 4.78 is 42.5. The van der Waals surface area contributed by atoms with Gasteiger partial charge < -0.3 is 4.74 Å². The lowest BCUT2D eigenvalue weighted by atomic mass is 9.96. The number of benzene rings is 1. The molecule has 6 heteroatoms. The molecule has 1 aromatic carbocycles. The first-order valence-corrected chi connectivity index (χ1v) is 7.45. The molecule has 0 bridgehead atoms. The maximum atomic E-state index is 12.5. The van der Waals surface area contributed by atoms with Crippen molar-refractivity contribution in [3.05, 3.63) is 35.4 Å². The minimum Gasteiger partial charge on any atom is -0.466 e. The van der Waals surface area contributed by atoms with Gasteiger partial charge in [0.25, 0.3) is 0 Å². The van der Waals surface area contributed by atoms with Crippen LogP contribution in [0.4, 0.5) is 13.2 Å². The number of carbonyl (C=O) groups is 1. The van der Waals surface area contributed by atoms with Crippen LogP contribution in [0.25, 0.3) is 0 Å².